The van der Waals surface area contributed by atoms with E-state index in [9.17, 15) is 13.2 Å². The van der Waals surface area contributed by atoms with Gasteiger partial charge >= 0.3 is 6.18 Å². The molecule has 0 saturated heterocycles. The first-order valence-electron chi connectivity index (χ1n) is 3.56. The second kappa shape index (κ2) is 2.94. The quantitative estimate of drug-likeness (QED) is 0.733. The minimum absolute atomic E-state index is 0.167. The van der Waals surface area contributed by atoms with Crippen LogP contribution in [-0.4, -0.2) is 14.6 Å². The van der Waals surface area contributed by atoms with E-state index in [-0.39, 0.29) is 5.65 Å². The Morgan fingerprint density at radius 1 is 1.29 bits per heavy atom. The molecule has 3 nitrogen and oxygen atoms in total. The van der Waals surface area contributed by atoms with E-state index < -0.39 is 12.0 Å². The maximum Gasteiger partial charge on any atom is 0.453 e. The van der Waals surface area contributed by atoms with Crippen molar-refractivity contribution in [2.24, 2.45) is 0 Å². The zero-order chi connectivity index (χ0) is 10.3. The fourth-order valence-corrected chi connectivity index (χ4v) is 1.30. The number of rotatable bonds is 0. The van der Waals surface area contributed by atoms with Crippen LogP contribution in [0.25, 0.3) is 5.65 Å². The van der Waals surface area contributed by atoms with Gasteiger partial charge in [-0.25, -0.2) is 9.50 Å². The van der Waals surface area contributed by atoms with Crippen molar-refractivity contribution in [2.45, 2.75) is 6.18 Å². The highest BCUT2D eigenvalue weighted by atomic mass is 79.9. The number of pyridine rings is 1. The van der Waals surface area contributed by atoms with Crippen LogP contribution in [0.2, 0.25) is 0 Å². The van der Waals surface area contributed by atoms with Crippen LogP contribution < -0.4 is 0 Å². The van der Waals surface area contributed by atoms with Gasteiger partial charge in [0, 0.05) is 10.7 Å². The molecule has 0 aromatic carbocycles. The number of hydrogen-bond donors (Lipinski definition) is 0. The van der Waals surface area contributed by atoms with Crippen LogP contribution in [0.1, 0.15) is 5.82 Å². The molecule has 2 aromatic heterocycles. The summed E-state index contributed by atoms with van der Waals surface area (Å²) < 4.78 is 38.2. The predicted molar refractivity (Wildman–Crippen MR) is 45.7 cm³/mol. The van der Waals surface area contributed by atoms with Gasteiger partial charge < -0.3 is 0 Å². The van der Waals surface area contributed by atoms with Gasteiger partial charge in [0.05, 0.1) is 0 Å². The molecule has 14 heavy (non-hydrogen) atoms. The van der Waals surface area contributed by atoms with E-state index in [1.165, 1.54) is 12.3 Å². The number of hydrogen-bond acceptors (Lipinski definition) is 2. The predicted octanol–water partition coefficient (Wildman–Crippen LogP) is 2.51. The standard InChI is InChI=1S/C7H3BrF3N3/c8-4-1-2-5-12-6(7(9,10)11)13-14(5)3-4/h1-3H. The summed E-state index contributed by atoms with van der Waals surface area (Å²) in [5.41, 5.74) is 0.167. The number of halogens is 4. The number of fused-ring (bicyclic) bond motifs is 1. The lowest BCUT2D eigenvalue weighted by Crippen LogP contribution is -2.07. The molecule has 0 aliphatic rings. The Bertz CT molecular complexity index is 476. The molecule has 0 amide bonds. The van der Waals surface area contributed by atoms with Crippen molar-refractivity contribution < 1.29 is 13.2 Å². The van der Waals surface area contributed by atoms with Crippen molar-refractivity contribution in [3.8, 4) is 0 Å². The van der Waals surface area contributed by atoms with Gasteiger partial charge in [0.15, 0.2) is 5.65 Å². The zero-order valence-electron chi connectivity index (χ0n) is 6.59. The van der Waals surface area contributed by atoms with E-state index in [0.717, 1.165) is 4.52 Å². The zero-order valence-corrected chi connectivity index (χ0v) is 8.17. The third-order valence-corrected chi connectivity index (χ3v) is 2.02. The second-order valence-electron chi connectivity index (χ2n) is 2.58. The van der Waals surface area contributed by atoms with Gasteiger partial charge in [-0.15, -0.1) is 5.10 Å². The highest BCUT2D eigenvalue weighted by Crippen LogP contribution is 2.26. The molecule has 2 aromatic rings. The molecule has 0 radical (unpaired) electrons. The van der Waals surface area contributed by atoms with Crippen molar-refractivity contribution in [3.05, 3.63) is 28.6 Å². The highest BCUT2D eigenvalue weighted by molar-refractivity contribution is 9.10. The van der Waals surface area contributed by atoms with Gasteiger partial charge in [-0.1, -0.05) is 0 Å². The summed E-state index contributed by atoms with van der Waals surface area (Å²) in [6, 6.07) is 3.05. The van der Waals surface area contributed by atoms with Crippen molar-refractivity contribution in [2.75, 3.05) is 0 Å². The van der Waals surface area contributed by atoms with E-state index in [1.807, 2.05) is 0 Å². The molecule has 0 saturated carbocycles. The van der Waals surface area contributed by atoms with Crippen molar-refractivity contribution in [1.82, 2.24) is 14.6 Å². The second-order valence-corrected chi connectivity index (χ2v) is 3.50. The Hall–Kier alpha value is -1.11. The third-order valence-electron chi connectivity index (χ3n) is 1.55. The lowest BCUT2D eigenvalue weighted by atomic mass is 10.5. The molecule has 0 unspecified atom stereocenters. The fraction of sp³-hybridized carbons (Fsp3) is 0.143. The van der Waals surface area contributed by atoms with Crippen molar-refractivity contribution >= 4 is 21.6 Å². The van der Waals surface area contributed by atoms with Gasteiger partial charge in [-0.2, -0.15) is 13.2 Å². The van der Waals surface area contributed by atoms with Crippen LogP contribution in [-0.2, 0) is 6.18 Å². The van der Waals surface area contributed by atoms with E-state index in [2.05, 4.69) is 26.0 Å². The summed E-state index contributed by atoms with van der Waals surface area (Å²) in [6.45, 7) is 0. The van der Waals surface area contributed by atoms with Gasteiger partial charge in [-0.05, 0) is 28.1 Å². The van der Waals surface area contributed by atoms with E-state index in [1.54, 1.807) is 6.07 Å². The Labute approximate surface area is 84.7 Å². The Kier molecular flexibility index (Phi) is 1.99. The maximum atomic E-state index is 12.2. The molecular formula is C7H3BrF3N3. The maximum absolute atomic E-state index is 12.2. The van der Waals surface area contributed by atoms with Crippen LogP contribution in [0.15, 0.2) is 22.8 Å². The average molecular weight is 266 g/mol. The van der Waals surface area contributed by atoms with E-state index in [4.69, 9.17) is 0 Å². The molecule has 0 spiro atoms. The number of nitrogens with zero attached hydrogens (tertiary/aromatic N) is 3. The summed E-state index contributed by atoms with van der Waals surface area (Å²) in [4.78, 5) is 3.33. The lowest BCUT2D eigenvalue weighted by molar-refractivity contribution is -0.144. The minimum atomic E-state index is -4.50. The molecular weight excluding hydrogens is 263 g/mol. The third kappa shape index (κ3) is 1.59. The normalized spacial score (nSPS) is 12.3. The van der Waals surface area contributed by atoms with E-state index >= 15 is 0 Å². The number of alkyl halides is 3. The van der Waals surface area contributed by atoms with Gasteiger partial charge in [-0.3, -0.25) is 0 Å². The Balaban J connectivity index is 2.63. The molecule has 0 aliphatic heterocycles. The smallest absolute Gasteiger partial charge is 0.219 e. The molecule has 0 bridgehead atoms. The Morgan fingerprint density at radius 2 is 2.00 bits per heavy atom. The summed E-state index contributed by atoms with van der Waals surface area (Å²) in [5, 5.41) is 3.30. The highest BCUT2D eigenvalue weighted by Gasteiger charge is 2.36. The summed E-state index contributed by atoms with van der Waals surface area (Å²) in [7, 11) is 0. The SMILES string of the molecule is FC(F)(F)c1nc2ccc(Br)cn2n1. The molecule has 0 atom stereocenters. The van der Waals surface area contributed by atoms with Crippen LogP contribution in [0.5, 0.6) is 0 Å². The first-order valence-corrected chi connectivity index (χ1v) is 4.35. The molecule has 74 valence electrons. The van der Waals surface area contributed by atoms with Crippen molar-refractivity contribution in [3.63, 3.8) is 0 Å². The van der Waals surface area contributed by atoms with E-state index in [0.29, 0.717) is 4.47 Å². The summed E-state index contributed by atoms with van der Waals surface area (Å²) >= 11 is 3.12. The first-order chi connectivity index (χ1) is 6.47. The van der Waals surface area contributed by atoms with Crippen molar-refractivity contribution in [1.29, 1.82) is 0 Å². The van der Waals surface area contributed by atoms with Crippen LogP contribution in [0.4, 0.5) is 13.2 Å². The minimum Gasteiger partial charge on any atom is -0.219 e. The monoisotopic (exact) mass is 265 g/mol. The largest absolute Gasteiger partial charge is 0.453 e. The van der Waals surface area contributed by atoms with Crippen LogP contribution >= 0.6 is 15.9 Å². The molecule has 2 rings (SSSR count). The molecule has 7 heteroatoms. The topological polar surface area (TPSA) is 30.2 Å². The molecule has 2 heterocycles. The molecule has 0 N–H and O–H groups in total. The van der Waals surface area contributed by atoms with Crippen LogP contribution in [0, 0.1) is 0 Å². The fourth-order valence-electron chi connectivity index (χ4n) is 0.978. The average Bonchev–Trinajstić information content (AvgIpc) is 2.45. The number of aromatic nitrogens is 3. The lowest BCUT2D eigenvalue weighted by Gasteiger charge is -1.96. The van der Waals surface area contributed by atoms with Gasteiger partial charge in [0.1, 0.15) is 0 Å². The Morgan fingerprint density at radius 3 is 2.64 bits per heavy atom. The summed E-state index contributed by atoms with van der Waals surface area (Å²) in [6.07, 6.45) is -3.09. The van der Waals surface area contributed by atoms with Gasteiger partial charge in [0.25, 0.3) is 5.82 Å². The summed E-state index contributed by atoms with van der Waals surface area (Å²) in [5.74, 6) is -1.13. The molecule has 0 fully saturated rings. The first kappa shape index (κ1) is 9.45. The van der Waals surface area contributed by atoms with Gasteiger partial charge in [0.2, 0.25) is 0 Å². The molecule has 0 aliphatic carbocycles. The van der Waals surface area contributed by atoms with Crippen LogP contribution in [0.3, 0.4) is 0 Å².